The van der Waals surface area contributed by atoms with Gasteiger partial charge in [0.2, 0.25) is 5.95 Å². The Morgan fingerprint density at radius 3 is 2.71 bits per heavy atom. The van der Waals surface area contributed by atoms with E-state index < -0.39 is 23.4 Å². The summed E-state index contributed by atoms with van der Waals surface area (Å²) in [6.45, 7) is 1.73. The van der Waals surface area contributed by atoms with Gasteiger partial charge in [0.25, 0.3) is 0 Å². The van der Waals surface area contributed by atoms with Crippen molar-refractivity contribution in [1.29, 1.82) is 0 Å². The van der Waals surface area contributed by atoms with Crippen molar-refractivity contribution in [3.63, 3.8) is 0 Å². The van der Waals surface area contributed by atoms with Gasteiger partial charge < -0.3 is 16.0 Å². The minimum absolute atomic E-state index is 0.00127. The molecule has 5 rings (SSSR count). The van der Waals surface area contributed by atoms with Gasteiger partial charge in [0.05, 0.1) is 18.1 Å². The normalized spacial score (nSPS) is 12.5. The van der Waals surface area contributed by atoms with Gasteiger partial charge >= 0.3 is 5.69 Å². The number of imidazole rings is 1. The quantitative estimate of drug-likeness (QED) is 0.404. The van der Waals surface area contributed by atoms with Crippen LogP contribution in [0.15, 0.2) is 47.7 Å². The van der Waals surface area contributed by atoms with E-state index in [4.69, 9.17) is 5.73 Å². The number of H-pyrrole nitrogens is 1. The van der Waals surface area contributed by atoms with Crippen LogP contribution in [0, 0.1) is 11.6 Å². The fourth-order valence-electron chi connectivity index (χ4n) is 3.42. The lowest BCUT2D eigenvalue weighted by molar-refractivity contribution is 0.578. The van der Waals surface area contributed by atoms with E-state index in [1.807, 2.05) is 0 Å². The zero-order valence-electron chi connectivity index (χ0n) is 16.0. The summed E-state index contributed by atoms with van der Waals surface area (Å²) in [5.41, 5.74) is 6.49. The number of aromatic amines is 1. The summed E-state index contributed by atoms with van der Waals surface area (Å²) in [6, 6.07) is 5.53. The van der Waals surface area contributed by atoms with Gasteiger partial charge in [-0.3, -0.25) is 4.40 Å². The smallest absolute Gasteiger partial charge is 0.339 e. The van der Waals surface area contributed by atoms with Gasteiger partial charge in [0.1, 0.15) is 28.6 Å². The highest BCUT2D eigenvalue weighted by atomic mass is 19.1. The predicted octanol–water partition coefficient (Wildman–Crippen LogP) is 2.18. The molecule has 4 heterocycles. The summed E-state index contributed by atoms with van der Waals surface area (Å²) < 4.78 is 30.3. The van der Waals surface area contributed by atoms with Crippen LogP contribution >= 0.6 is 0 Å². The summed E-state index contributed by atoms with van der Waals surface area (Å²) in [5, 5.41) is 3.12. The van der Waals surface area contributed by atoms with Gasteiger partial charge in [0.15, 0.2) is 11.5 Å². The number of nitrogens with one attached hydrogen (secondary N) is 2. The zero-order valence-corrected chi connectivity index (χ0v) is 16.0. The number of aromatic nitrogens is 7. The average Bonchev–Trinajstić information content (AvgIpc) is 3.36. The van der Waals surface area contributed by atoms with Crippen LogP contribution in [0.5, 0.6) is 0 Å². The van der Waals surface area contributed by atoms with Crippen LogP contribution in [-0.4, -0.2) is 33.9 Å². The Morgan fingerprint density at radius 2 is 1.94 bits per heavy atom. The van der Waals surface area contributed by atoms with Crippen LogP contribution in [0.3, 0.4) is 0 Å². The van der Waals surface area contributed by atoms with Crippen LogP contribution in [0.2, 0.25) is 0 Å². The highest BCUT2D eigenvalue weighted by Crippen LogP contribution is 2.24. The Hall–Kier alpha value is -4.35. The van der Waals surface area contributed by atoms with Gasteiger partial charge in [-0.15, -0.1) is 0 Å². The predicted molar refractivity (Wildman–Crippen MR) is 109 cm³/mol. The van der Waals surface area contributed by atoms with Gasteiger partial charge in [-0.2, -0.15) is 9.97 Å². The second-order valence-electron chi connectivity index (χ2n) is 6.85. The van der Waals surface area contributed by atoms with Gasteiger partial charge in [-0.05, 0) is 31.2 Å². The molecule has 1 unspecified atom stereocenters. The van der Waals surface area contributed by atoms with E-state index in [-0.39, 0.29) is 17.5 Å². The van der Waals surface area contributed by atoms with Gasteiger partial charge in [-0.25, -0.2) is 28.1 Å². The van der Waals surface area contributed by atoms with Crippen molar-refractivity contribution in [2.24, 2.45) is 0 Å². The summed E-state index contributed by atoms with van der Waals surface area (Å²) in [4.78, 5) is 33.0. The summed E-state index contributed by atoms with van der Waals surface area (Å²) in [6.07, 6.45) is 2.97. The van der Waals surface area contributed by atoms with Crippen LogP contribution in [0.1, 0.15) is 18.8 Å². The molecular weight excluding hydrogens is 408 g/mol. The lowest BCUT2D eigenvalue weighted by Crippen LogP contribution is -2.31. The van der Waals surface area contributed by atoms with E-state index in [0.717, 1.165) is 22.8 Å². The molecule has 0 aliphatic rings. The molecule has 0 spiro atoms. The molecule has 0 aliphatic heterocycles. The van der Waals surface area contributed by atoms with Crippen molar-refractivity contribution >= 4 is 28.6 Å². The number of hydrogen-bond donors (Lipinski definition) is 3. The molecule has 156 valence electrons. The third kappa shape index (κ3) is 3.13. The molecule has 4 N–H and O–H groups in total. The highest BCUT2D eigenvalue weighted by Gasteiger charge is 2.21. The fraction of sp³-hybridized carbons (Fsp3) is 0.105. The van der Waals surface area contributed by atoms with Crippen molar-refractivity contribution in [2.45, 2.75) is 13.0 Å². The molecule has 0 amide bonds. The van der Waals surface area contributed by atoms with Crippen molar-refractivity contribution in [3.8, 4) is 5.69 Å². The Morgan fingerprint density at radius 1 is 1.16 bits per heavy atom. The average molecular weight is 423 g/mol. The molecule has 31 heavy (non-hydrogen) atoms. The zero-order chi connectivity index (χ0) is 21.7. The van der Waals surface area contributed by atoms with Crippen molar-refractivity contribution in [1.82, 2.24) is 33.9 Å². The lowest BCUT2D eigenvalue weighted by Gasteiger charge is -2.20. The first-order valence-corrected chi connectivity index (χ1v) is 9.20. The van der Waals surface area contributed by atoms with Crippen LogP contribution in [0.4, 0.5) is 20.5 Å². The standard InChI is InChI=1S/C19H15F2N9O/c1-9(25-16-14-15(24-8-23-14)27-18(22)28-16)17-26-13-3-2-4-29(13)19(31)30(17)12-6-10(20)5-11(21)7-12/h2-9H,1H3,(H4,22,23,24,25,27,28). The van der Waals surface area contributed by atoms with E-state index in [1.54, 1.807) is 19.1 Å². The largest absolute Gasteiger partial charge is 0.368 e. The molecule has 12 heteroatoms. The Labute approximate surface area is 172 Å². The topological polar surface area (TPSA) is 132 Å². The molecule has 0 radical (unpaired) electrons. The minimum Gasteiger partial charge on any atom is -0.368 e. The molecule has 5 aromatic rings. The van der Waals surface area contributed by atoms with Crippen LogP contribution in [0.25, 0.3) is 22.5 Å². The maximum absolute atomic E-state index is 13.9. The molecular formula is C19H15F2N9O. The molecule has 1 atom stereocenters. The first-order valence-electron chi connectivity index (χ1n) is 9.20. The van der Waals surface area contributed by atoms with E-state index in [1.165, 1.54) is 16.9 Å². The third-order valence-electron chi connectivity index (χ3n) is 4.73. The fourth-order valence-corrected chi connectivity index (χ4v) is 3.42. The number of nitrogen functional groups attached to an aromatic ring is 1. The van der Waals surface area contributed by atoms with E-state index in [2.05, 4.69) is 30.2 Å². The first-order chi connectivity index (χ1) is 14.9. The summed E-state index contributed by atoms with van der Waals surface area (Å²) in [5.74, 6) is -1.09. The molecule has 10 nitrogen and oxygen atoms in total. The highest BCUT2D eigenvalue weighted by molar-refractivity contribution is 5.83. The second kappa shape index (κ2) is 6.86. The molecule has 4 aromatic heterocycles. The maximum Gasteiger partial charge on any atom is 0.339 e. The Balaban J connectivity index is 1.69. The Kier molecular flexibility index (Phi) is 4.13. The number of halogens is 2. The SMILES string of the molecule is CC(Nc1nc(N)nc2[nH]cnc12)c1nc2cccn2c(=O)n1-c1cc(F)cc(F)c1. The van der Waals surface area contributed by atoms with Gasteiger partial charge in [-0.1, -0.05) is 0 Å². The molecule has 0 bridgehead atoms. The summed E-state index contributed by atoms with van der Waals surface area (Å²) >= 11 is 0. The van der Waals surface area contributed by atoms with E-state index in [0.29, 0.717) is 22.6 Å². The molecule has 1 aromatic carbocycles. The summed E-state index contributed by atoms with van der Waals surface area (Å²) in [7, 11) is 0. The monoisotopic (exact) mass is 423 g/mol. The number of anilines is 2. The maximum atomic E-state index is 13.9. The second-order valence-corrected chi connectivity index (χ2v) is 6.85. The number of hydrogen-bond acceptors (Lipinski definition) is 7. The van der Waals surface area contributed by atoms with Gasteiger partial charge in [0, 0.05) is 12.3 Å². The number of nitrogens with two attached hydrogens (primary N) is 1. The number of nitrogens with zero attached hydrogens (tertiary/aromatic N) is 6. The van der Waals surface area contributed by atoms with Crippen molar-refractivity contribution < 1.29 is 8.78 Å². The van der Waals surface area contributed by atoms with E-state index >= 15 is 0 Å². The molecule has 0 saturated heterocycles. The van der Waals surface area contributed by atoms with Crippen molar-refractivity contribution in [3.05, 3.63) is 70.8 Å². The minimum atomic E-state index is -0.817. The van der Waals surface area contributed by atoms with Crippen LogP contribution in [-0.2, 0) is 0 Å². The number of rotatable bonds is 4. The molecule has 0 aliphatic carbocycles. The number of benzene rings is 1. The lowest BCUT2D eigenvalue weighted by atomic mass is 10.2. The Bertz CT molecular complexity index is 1480. The third-order valence-corrected chi connectivity index (χ3v) is 4.73. The number of fused-ring (bicyclic) bond motifs is 2. The first kappa shape index (κ1) is 18.7. The molecule has 0 saturated carbocycles. The van der Waals surface area contributed by atoms with Crippen LogP contribution < -0.4 is 16.7 Å². The van der Waals surface area contributed by atoms with Crippen molar-refractivity contribution in [2.75, 3.05) is 11.1 Å². The van der Waals surface area contributed by atoms with E-state index in [9.17, 15) is 13.6 Å². The molecule has 0 fully saturated rings.